The molecule has 1 rings (SSSR count). The molecule has 4 nitrogen and oxygen atoms in total. The highest BCUT2D eigenvalue weighted by Gasteiger charge is 2.30. The maximum Gasteiger partial charge on any atom is 0.389 e. The lowest BCUT2D eigenvalue weighted by molar-refractivity contribution is -0.134. The summed E-state index contributed by atoms with van der Waals surface area (Å²) in [6.07, 6.45) is -3.81. The van der Waals surface area contributed by atoms with Crippen LogP contribution in [0.3, 0.4) is 0 Å². The van der Waals surface area contributed by atoms with Crippen LogP contribution in [0.4, 0.5) is 13.2 Å². The number of hydrogen-bond acceptors (Lipinski definition) is 3. The van der Waals surface area contributed by atoms with E-state index in [4.69, 9.17) is 5.73 Å². The fourth-order valence-corrected chi connectivity index (χ4v) is 2.56. The number of sulfonamides is 1. The molecule has 0 saturated heterocycles. The molecule has 0 aliphatic heterocycles. The van der Waals surface area contributed by atoms with Gasteiger partial charge in [-0.2, -0.15) is 13.2 Å². The molecular formula is C9H17F3N2O2S. The zero-order chi connectivity index (χ0) is 13.1. The molecule has 0 heterocycles. The fraction of sp³-hybridized carbons (Fsp3) is 1.00. The molecule has 0 bridgehead atoms. The Morgan fingerprint density at radius 1 is 1.35 bits per heavy atom. The topological polar surface area (TPSA) is 72.2 Å². The van der Waals surface area contributed by atoms with E-state index in [-0.39, 0.29) is 12.6 Å². The van der Waals surface area contributed by atoms with Gasteiger partial charge in [-0.15, -0.1) is 0 Å². The molecule has 102 valence electrons. The Labute approximate surface area is 98.8 Å². The third kappa shape index (κ3) is 6.85. The van der Waals surface area contributed by atoms with Crippen LogP contribution >= 0.6 is 0 Å². The van der Waals surface area contributed by atoms with E-state index in [1.165, 1.54) is 0 Å². The first-order valence-electron chi connectivity index (χ1n) is 5.49. The Morgan fingerprint density at radius 2 is 1.94 bits per heavy atom. The van der Waals surface area contributed by atoms with E-state index < -0.39 is 34.8 Å². The maximum absolute atomic E-state index is 11.8. The molecule has 0 aromatic carbocycles. The molecule has 0 aromatic rings. The molecule has 8 heteroatoms. The van der Waals surface area contributed by atoms with Crippen LogP contribution in [0.5, 0.6) is 0 Å². The van der Waals surface area contributed by atoms with Crippen LogP contribution in [0, 0.1) is 5.92 Å². The van der Waals surface area contributed by atoms with Crippen LogP contribution in [-0.4, -0.2) is 32.9 Å². The fourth-order valence-electron chi connectivity index (χ4n) is 1.45. The van der Waals surface area contributed by atoms with Gasteiger partial charge in [0.1, 0.15) is 0 Å². The number of alkyl halides is 3. The maximum atomic E-state index is 11.8. The molecule has 17 heavy (non-hydrogen) atoms. The lowest BCUT2D eigenvalue weighted by Crippen LogP contribution is -2.39. The first-order chi connectivity index (χ1) is 7.70. The van der Waals surface area contributed by atoms with E-state index in [9.17, 15) is 21.6 Å². The van der Waals surface area contributed by atoms with Crippen LogP contribution in [0.25, 0.3) is 0 Å². The monoisotopic (exact) mass is 274 g/mol. The van der Waals surface area contributed by atoms with Crippen molar-refractivity contribution in [1.82, 2.24) is 4.72 Å². The standard InChI is InChI=1S/C9H17F3N2O2S/c10-9(11,12)4-1-5-17(15,16)14-6-8(13)7-2-3-7/h7-8,14H,1-6,13H2. The molecule has 3 N–H and O–H groups in total. The third-order valence-electron chi connectivity index (χ3n) is 2.64. The summed E-state index contributed by atoms with van der Waals surface area (Å²) in [4.78, 5) is 0. The highest BCUT2D eigenvalue weighted by molar-refractivity contribution is 7.89. The van der Waals surface area contributed by atoms with Crippen LogP contribution in [0.2, 0.25) is 0 Å². The molecule has 1 atom stereocenters. The zero-order valence-corrected chi connectivity index (χ0v) is 10.1. The third-order valence-corrected chi connectivity index (χ3v) is 4.07. The minimum absolute atomic E-state index is 0.110. The Bertz CT molecular complexity index is 339. The number of hydrogen-bond donors (Lipinski definition) is 2. The second kappa shape index (κ2) is 5.53. The van der Waals surface area contributed by atoms with Crippen LogP contribution in [-0.2, 0) is 10.0 Å². The van der Waals surface area contributed by atoms with Crippen molar-refractivity contribution in [2.45, 2.75) is 37.9 Å². The van der Waals surface area contributed by atoms with Gasteiger partial charge in [0.2, 0.25) is 10.0 Å². The lowest BCUT2D eigenvalue weighted by Gasteiger charge is -2.12. The van der Waals surface area contributed by atoms with Crippen molar-refractivity contribution in [2.75, 3.05) is 12.3 Å². The summed E-state index contributed by atoms with van der Waals surface area (Å²) in [5.41, 5.74) is 5.68. The van der Waals surface area contributed by atoms with Crippen molar-refractivity contribution >= 4 is 10.0 Å². The van der Waals surface area contributed by atoms with Gasteiger partial charge in [-0.05, 0) is 25.2 Å². The Morgan fingerprint density at radius 3 is 2.41 bits per heavy atom. The summed E-state index contributed by atoms with van der Waals surface area (Å²) in [5.74, 6) is -0.156. The summed E-state index contributed by atoms with van der Waals surface area (Å²) in [7, 11) is -3.63. The SMILES string of the molecule is NC(CNS(=O)(=O)CCCC(F)(F)F)C1CC1. The Hall–Kier alpha value is -0.340. The van der Waals surface area contributed by atoms with E-state index in [0.29, 0.717) is 5.92 Å². The first kappa shape index (κ1) is 14.7. The van der Waals surface area contributed by atoms with Crippen LogP contribution in [0.1, 0.15) is 25.7 Å². The largest absolute Gasteiger partial charge is 0.389 e. The van der Waals surface area contributed by atoms with Gasteiger partial charge in [0.15, 0.2) is 0 Å². The molecule has 1 aliphatic carbocycles. The molecule has 1 fully saturated rings. The van der Waals surface area contributed by atoms with E-state index in [2.05, 4.69) is 4.72 Å². The summed E-state index contributed by atoms with van der Waals surface area (Å²) in [6.45, 7) is 0.110. The van der Waals surface area contributed by atoms with Gasteiger partial charge in [-0.25, -0.2) is 13.1 Å². The average Bonchev–Trinajstić information content (AvgIpc) is 2.94. The van der Waals surface area contributed by atoms with Crippen molar-refractivity contribution in [3.05, 3.63) is 0 Å². The molecule has 1 unspecified atom stereocenters. The highest BCUT2D eigenvalue weighted by atomic mass is 32.2. The molecule has 0 radical (unpaired) electrons. The van der Waals surface area contributed by atoms with Crippen molar-refractivity contribution in [3.8, 4) is 0 Å². The number of nitrogens with two attached hydrogens (primary N) is 1. The van der Waals surface area contributed by atoms with Gasteiger partial charge < -0.3 is 5.73 Å². The summed E-state index contributed by atoms with van der Waals surface area (Å²) in [5, 5.41) is 0. The van der Waals surface area contributed by atoms with E-state index >= 15 is 0 Å². The Kier molecular flexibility index (Phi) is 4.79. The van der Waals surface area contributed by atoms with Crippen molar-refractivity contribution in [1.29, 1.82) is 0 Å². The number of halogens is 3. The van der Waals surface area contributed by atoms with Crippen LogP contribution in [0.15, 0.2) is 0 Å². The summed E-state index contributed by atoms with van der Waals surface area (Å²) < 4.78 is 60.4. The van der Waals surface area contributed by atoms with Gasteiger partial charge in [0, 0.05) is 19.0 Å². The van der Waals surface area contributed by atoms with E-state index in [1.54, 1.807) is 0 Å². The highest BCUT2D eigenvalue weighted by Crippen LogP contribution is 2.31. The van der Waals surface area contributed by atoms with Crippen LogP contribution < -0.4 is 10.5 Å². The molecule has 1 saturated carbocycles. The Balaban J connectivity index is 2.21. The van der Waals surface area contributed by atoms with Crippen molar-refractivity contribution in [3.63, 3.8) is 0 Å². The lowest BCUT2D eigenvalue weighted by atomic mass is 10.2. The first-order valence-corrected chi connectivity index (χ1v) is 7.14. The number of nitrogens with one attached hydrogen (secondary N) is 1. The van der Waals surface area contributed by atoms with Gasteiger partial charge in [-0.3, -0.25) is 0 Å². The van der Waals surface area contributed by atoms with E-state index in [1.807, 2.05) is 0 Å². The minimum atomic E-state index is -4.31. The second-order valence-corrected chi connectivity index (χ2v) is 6.31. The molecular weight excluding hydrogens is 257 g/mol. The summed E-state index contributed by atoms with van der Waals surface area (Å²) >= 11 is 0. The smallest absolute Gasteiger partial charge is 0.326 e. The number of rotatable bonds is 7. The normalized spacial score (nSPS) is 19.3. The molecule has 1 aliphatic rings. The van der Waals surface area contributed by atoms with Crippen molar-refractivity contribution in [2.24, 2.45) is 11.7 Å². The van der Waals surface area contributed by atoms with Crippen molar-refractivity contribution < 1.29 is 21.6 Å². The predicted molar refractivity (Wildman–Crippen MR) is 57.8 cm³/mol. The average molecular weight is 274 g/mol. The van der Waals surface area contributed by atoms with Gasteiger partial charge in [-0.1, -0.05) is 0 Å². The van der Waals surface area contributed by atoms with Gasteiger partial charge in [0.25, 0.3) is 0 Å². The second-order valence-electron chi connectivity index (χ2n) is 4.39. The van der Waals surface area contributed by atoms with E-state index in [0.717, 1.165) is 12.8 Å². The van der Waals surface area contributed by atoms with Gasteiger partial charge in [0.05, 0.1) is 5.75 Å². The molecule has 0 amide bonds. The quantitative estimate of drug-likeness (QED) is 0.727. The molecule has 0 aromatic heterocycles. The zero-order valence-electron chi connectivity index (χ0n) is 9.33. The van der Waals surface area contributed by atoms with Gasteiger partial charge >= 0.3 is 6.18 Å². The predicted octanol–water partition coefficient (Wildman–Crippen LogP) is 0.986. The minimum Gasteiger partial charge on any atom is -0.326 e. The summed E-state index contributed by atoms with van der Waals surface area (Å²) in [6, 6.07) is -0.229. The molecule has 0 spiro atoms.